The van der Waals surface area contributed by atoms with Gasteiger partial charge in [-0.2, -0.15) is 0 Å². The van der Waals surface area contributed by atoms with Crippen LogP contribution in [-0.4, -0.2) is 17.5 Å². The van der Waals surface area contributed by atoms with Crippen LogP contribution in [0.25, 0.3) is 0 Å². The molecule has 7 heteroatoms. The molecule has 0 radical (unpaired) electrons. The Morgan fingerprint density at radius 1 is 1.62 bits per heavy atom. The van der Waals surface area contributed by atoms with E-state index >= 15 is 0 Å². The minimum Gasteiger partial charge on any atom is -0.462 e. The number of rotatable bonds is 3. The fourth-order valence-corrected chi connectivity index (χ4v) is 1.16. The molecule has 0 bridgehead atoms. The highest BCUT2D eigenvalue weighted by atomic mass is 19.1. The average molecular weight is 228 g/mol. The molecule has 0 unspecified atom stereocenters. The van der Waals surface area contributed by atoms with Gasteiger partial charge >= 0.3 is 5.97 Å². The molecule has 1 rings (SSSR count). The third-order valence-corrected chi connectivity index (χ3v) is 1.77. The van der Waals surface area contributed by atoms with Crippen LogP contribution in [0.15, 0.2) is 12.1 Å². The molecule has 86 valence electrons. The Kier molecular flexibility index (Phi) is 3.39. The first-order chi connectivity index (χ1) is 7.47. The van der Waals surface area contributed by atoms with Gasteiger partial charge in [-0.1, -0.05) is 0 Å². The molecular weight excluding hydrogens is 219 g/mol. The molecule has 0 amide bonds. The number of nitro benzene ring substituents is 1. The number of nitrogens with zero attached hydrogens (tertiary/aromatic N) is 1. The molecule has 16 heavy (non-hydrogen) atoms. The second-order valence-electron chi connectivity index (χ2n) is 2.87. The molecule has 1 aromatic rings. The van der Waals surface area contributed by atoms with E-state index in [4.69, 9.17) is 5.73 Å². The van der Waals surface area contributed by atoms with E-state index < -0.39 is 28.0 Å². The smallest absolute Gasteiger partial charge is 0.348 e. The topological polar surface area (TPSA) is 95.5 Å². The lowest BCUT2D eigenvalue weighted by molar-refractivity contribution is -0.385. The summed E-state index contributed by atoms with van der Waals surface area (Å²) in [6.07, 6.45) is 0. The van der Waals surface area contributed by atoms with Crippen molar-refractivity contribution in [3.8, 4) is 0 Å². The lowest BCUT2D eigenvalue weighted by Gasteiger charge is -2.04. The quantitative estimate of drug-likeness (QED) is 0.366. The van der Waals surface area contributed by atoms with Gasteiger partial charge in [0.2, 0.25) is 0 Å². The second-order valence-corrected chi connectivity index (χ2v) is 2.87. The van der Waals surface area contributed by atoms with E-state index in [2.05, 4.69) is 4.74 Å². The number of carbonyl (C=O) groups is 1. The van der Waals surface area contributed by atoms with E-state index in [0.29, 0.717) is 0 Å². The highest BCUT2D eigenvalue weighted by Gasteiger charge is 2.26. The van der Waals surface area contributed by atoms with E-state index in [-0.39, 0.29) is 12.3 Å². The molecule has 0 atom stereocenters. The predicted octanol–water partition coefficient (Wildman–Crippen LogP) is 1.49. The van der Waals surface area contributed by atoms with Gasteiger partial charge in [-0.3, -0.25) is 10.1 Å². The number of nitro groups is 1. The minimum absolute atomic E-state index is 0.000194. The molecule has 2 N–H and O–H groups in total. The van der Waals surface area contributed by atoms with Crippen molar-refractivity contribution in [2.75, 3.05) is 12.3 Å². The first-order valence-electron chi connectivity index (χ1n) is 4.38. The van der Waals surface area contributed by atoms with Crippen molar-refractivity contribution in [2.24, 2.45) is 0 Å². The fraction of sp³-hybridized carbons (Fsp3) is 0.222. The maximum absolute atomic E-state index is 13.4. The number of nitrogens with two attached hydrogens (primary N) is 1. The lowest BCUT2D eigenvalue weighted by Crippen LogP contribution is -2.11. The Labute approximate surface area is 90.0 Å². The Morgan fingerprint density at radius 3 is 2.75 bits per heavy atom. The van der Waals surface area contributed by atoms with Crippen LogP contribution in [0.5, 0.6) is 0 Å². The number of esters is 1. The van der Waals surface area contributed by atoms with Crippen molar-refractivity contribution >= 4 is 17.3 Å². The van der Waals surface area contributed by atoms with Crippen LogP contribution in [0.4, 0.5) is 15.8 Å². The molecule has 0 aliphatic rings. The molecule has 0 aromatic heterocycles. The highest BCUT2D eigenvalue weighted by Crippen LogP contribution is 2.25. The summed E-state index contributed by atoms with van der Waals surface area (Å²) in [7, 11) is 0. The van der Waals surface area contributed by atoms with E-state index in [1.807, 2.05) is 0 Å². The maximum Gasteiger partial charge on any atom is 0.348 e. The van der Waals surface area contributed by atoms with Gasteiger partial charge in [0.05, 0.1) is 11.5 Å². The van der Waals surface area contributed by atoms with Crippen molar-refractivity contribution in [2.45, 2.75) is 6.92 Å². The van der Waals surface area contributed by atoms with Crippen LogP contribution in [0.1, 0.15) is 17.3 Å². The molecule has 0 spiro atoms. The second kappa shape index (κ2) is 4.56. The summed E-state index contributed by atoms with van der Waals surface area (Å²) in [5, 5.41) is 10.6. The molecule has 0 fully saturated rings. The van der Waals surface area contributed by atoms with Crippen LogP contribution in [-0.2, 0) is 4.74 Å². The molecule has 0 saturated heterocycles. The van der Waals surface area contributed by atoms with E-state index in [0.717, 1.165) is 12.1 Å². The number of benzene rings is 1. The largest absolute Gasteiger partial charge is 0.462 e. The zero-order chi connectivity index (χ0) is 12.3. The SMILES string of the molecule is CCOC(=O)c1c(F)cc(N)cc1[N+](=O)[O-]. The summed E-state index contributed by atoms with van der Waals surface area (Å²) in [6.45, 7) is 1.51. The van der Waals surface area contributed by atoms with Gasteiger partial charge in [-0.05, 0) is 13.0 Å². The summed E-state index contributed by atoms with van der Waals surface area (Å²) in [4.78, 5) is 21.0. The summed E-state index contributed by atoms with van der Waals surface area (Å²) in [6, 6.07) is 1.74. The predicted molar refractivity (Wildman–Crippen MR) is 53.4 cm³/mol. The van der Waals surface area contributed by atoms with Crippen LogP contribution in [0.3, 0.4) is 0 Å². The van der Waals surface area contributed by atoms with E-state index in [1.165, 1.54) is 6.92 Å². The molecule has 0 saturated carbocycles. The maximum atomic E-state index is 13.4. The van der Waals surface area contributed by atoms with Crippen molar-refractivity contribution in [3.05, 3.63) is 33.6 Å². The first kappa shape index (κ1) is 11.9. The Bertz CT molecular complexity index is 447. The number of hydrogen-bond donors (Lipinski definition) is 1. The van der Waals surface area contributed by atoms with Crippen LogP contribution >= 0.6 is 0 Å². The van der Waals surface area contributed by atoms with Gasteiger partial charge in [-0.25, -0.2) is 9.18 Å². The van der Waals surface area contributed by atoms with Crippen LogP contribution < -0.4 is 5.73 Å². The molecule has 0 aliphatic heterocycles. The van der Waals surface area contributed by atoms with Gasteiger partial charge in [0.1, 0.15) is 5.82 Å². The van der Waals surface area contributed by atoms with Gasteiger partial charge in [0.25, 0.3) is 5.69 Å². The number of ether oxygens (including phenoxy) is 1. The number of nitrogen functional groups attached to an aromatic ring is 1. The first-order valence-corrected chi connectivity index (χ1v) is 4.38. The van der Waals surface area contributed by atoms with Gasteiger partial charge < -0.3 is 10.5 Å². The standard InChI is InChI=1S/C9H9FN2O4/c1-2-16-9(13)8-6(10)3-5(11)4-7(8)12(14)15/h3-4H,2,11H2,1H3. The molecule has 1 aromatic carbocycles. The zero-order valence-corrected chi connectivity index (χ0v) is 8.40. The highest BCUT2D eigenvalue weighted by molar-refractivity contribution is 5.94. The van der Waals surface area contributed by atoms with Crippen molar-refractivity contribution < 1.29 is 18.8 Å². The van der Waals surface area contributed by atoms with Gasteiger partial charge in [0.15, 0.2) is 5.56 Å². The number of anilines is 1. The molecule has 6 nitrogen and oxygen atoms in total. The monoisotopic (exact) mass is 228 g/mol. The number of halogens is 1. The summed E-state index contributed by atoms with van der Waals surface area (Å²) in [5.41, 5.74) is 3.71. The molecule has 0 heterocycles. The third-order valence-electron chi connectivity index (χ3n) is 1.77. The normalized spacial score (nSPS) is 9.88. The Hall–Kier alpha value is -2.18. The third kappa shape index (κ3) is 2.25. The number of carbonyl (C=O) groups excluding carboxylic acids is 1. The fourth-order valence-electron chi connectivity index (χ4n) is 1.16. The summed E-state index contributed by atoms with van der Waals surface area (Å²) in [5.74, 6) is -2.14. The molecular formula is C9H9FN2O4. The van der Waals surface area contributed by atoms with Crippen molar-refractivity contribution in [1.29, 1.82) is 0 Å². The minimum atomic E-state index is -1.08. The van der Waals surface area contributed by atoms with Crippen molar-refractivity contribution in [3.63, 3.8) is 0 Å². The average Bonchev–Trinajstić information content (AvgIpc) is 2.16. The van der Waals surface area contributed by atoms with Crippen LogP contribution in [0, 0.1) is 15.9 Å². The summed E-state index contributed by atoms with van der Waals surface area (Å²) >= 11 is 0. The molecule has 0 aliphatic carbocycles. The van der Waals surface area contributed by atoms with E-state index in [1.54, 1.807) is 0 Å². The zero-order valence-electron chi connectivity index (χ0n) is 8.40. The Morgan fingerprint density at radius 2 is 2.25 bits per heavy atom. The summed E-state index contributed by atoms with van der Waals surface area (Å²) < 4.78 is 17.9. The number of hydrogen-bond acceptors (Lipinski definition) is 5. The van der Waals surface area contributed by atoms with Crippen molar-refractivity contribution in [1.82, 2.24) is 0 Å². The van der Waals surface area contributed by atoms with E-state index in [9.17, 15) is 19.3 Å². The van der Waals surface area contributed by atoms with Crippen LogP contribution in [0.2, 0.25) is 0 Å². The Balaban J connectivity index is 3.35. The lowest BCUT2D eigenvalue weighted by atomic mass is 10.1. The van der Waals surface area contributed by atoms with Gasteiger partial charge in [-0.15, -0.1) is 0 Å². The van der Waals surface area contributed by atoms with Gasteiger partial charge in [0, 0.05) is 11.8 Å².